The van der Waals surface area contributed by atoms with Crippen molar-refractivity contribution in [3.8, 4) is 0 Å². The molecule has 0 bridgehead atoms. The molecule has 2 fully saturated rings. The van der Waals surface area contributed by atoms with Crippen molar-refractivity contribution in [2.24, 2.45) is 11.3 Å². The molecule has 2 saturated carbocycles. The van der Waals surface area contributed by atoms with Gasteiger partial charge in [0.2, 0.25) is 5.91 Å². The Morgan fingerprint density at radius 1 is 1.35 bits per heavy atom. The lowest BCUT2D eigenvalue weighted by Crippen LogP contribution is -2.46. The molecule has 3 heteroatoms. The molecule has 17 heavy (non-hydrogen) atoms. The molecular formula is C14H26N2O. The van der Waals surface area contributed by atoms with Crippen LogP contribution in [0.5, 0.6) is 0 Å². The zero-order chi connectivity index (χ0) is 12.5. The van der Waals surface area contributed by atoms with Crippen molar-refractivity contribution in [3.05, 3.63) is 0 Å². The van der Waals surface area contributed by atoms with Crippen LogP contribution in [0.1, 0.15) is 52.9 Å². The third-order valence-electron chi connectivity index (χ3n) is 4.49. The Morgan fingerprint density at radius 2 is 2.00 bits per heavy atom. The van der Waals surface area contributed by atoms with Gasteiger partial charge in [0.25, 0.3) is 0 Å². The normalized spacial score (nSPS) is 25.1. The van der Waals surface area contributed by atoms with Gasteiger partial charge in [-0.25, -0.2) is 0 Å². The maximum Gasteiger partial charge on any atom is 0.237 e. The number of hydrogen-bond acceptors (Lipinski definition) is 2. The van der Waals surface area contributed by atoms with E-state index in [1.165, 1.54) is 25.7 Å². The van der Waals surface area contributed by atoms with Gasteiger partial charge in [0.05, 0.1) is 6.04 Å². The van der Waals surface area contributed by atoms with Crippen LogP contribution >= 0.6 is 0 Å². The Hall–Kier alpha value is -0.570. The summed E-state index contributed by atoms with van der Waals surface area (Å²) >= 11 is 0. The summed E-state index contributed by atoms with van der Waals surface area (Å²) in [6.45, 7) is 7.15. The molecule has 2 atom stereocenters. The second kappa shape index (κ2) is 4.97. The molecule has 0 aliphatic heterocycles. The van der Waals surface area contributed by atoms with Crippen LogP contribution in [-0.2, 0) is 4.79 Å². The lowest BCUT2D eigenvalue weighted by molar-refractivity contribution is -0.123. The molecule has 0 aromatic rings. The molecule has 2 aliphatic rings. The third-order valence-corrected chi connectivity index (χ3v) is 4.49. The first-order chi connectivity index (χ1) is 8.07. The Labute approximate surface area is 105 Å². The summed E-state index contributed by atoms with van der Waals surface area (Å²) in [7, 11) is 0. The van der Waals surface area contributed by atoms with Crippen LogP contribution in [0.2, 0.25) is 0 Å². The maximum atomic E-state index is 11.9. The molecule has 3 nitrogen and oxygen atoms in total. The fourth-order valence-electron chi connectivity index (χ4n) is 2.50. The fourth-order valence-corrected chi connectivity index (χ4v) is 2.50. The summed E-state index contributed by atoms with van der Waals surface area (Å²) in [5.41, 5.74) is 0.574. The molecule has 98 valence electrons. The molecule has 2 N–H and O–H groups in total. The van der Waals surface area contributed by atoms with E-state index >= 15 is 0 Å². The van der Waals surface area contributed by atoms with Gasteiger partial charge in [0.15, 0.2) is 0 Å². The van der Waals surface area contributed by atoms with Gasteiger partial charge in [-0.3, -0.25) is 4.79 Å². The van der Waals surface area contributed by atoms with Gasteiger partial charge in [-0.2, -0.15) is 0 Å². The first-order valence-electron chi connectivity index (χ1n) is 7.11. The van der Waals surface area contributed by atoms with Crippen molar-refractivity contribution < 1.29 is 4.79 Å². The molecule has 2 aliphatic carbocycles. The highest BCUT2D eigenvalue weighted by molar-refractivity contribution is 5.81. The van der Waals surface area contributed by atoms with Gasteiger partial charge >= 0.3 is 0 Å². The summed E-state index contributed by atoms with van der Waals surface area (Å²) in [6, 6.07) is 0.227. The summed E-state index contributed by atoms with van der Waals surface area (Å²) in [4.78, 5) is 11.9. The lowest BCUT2D eigenvalue weighted by Gasteiger charge is -2.21. The second-order valence-corrected chi connectivity index (χ2v) is 6.06. The number of amides is 1. The number of carbonyl (C=O) groups excluding carboxylic acids is 1. The minimum Gasteiger partial charge on any atom is -0.352 e. The first kappa shape index (κ1) is 12.9. The monoisotopic (exact) mass is 238 g/mol. The topological polar surface area (TPSA) is 41.1 Å². The van der Waals surface area contributed by atoms with Crippen molar-refractivity contribution in [1.29, 1.82) is 0 Å². The standard InChI is InChI=1S/C14H26N2O/c1-4-10(2)16-13(17)11(3)15-9-14(7-8-14)12-5-6-12/h10-12,15H,4-9H2,1-3H3,(H,16,17). The number of hydrogen-bond donors (Lipinski definition) is 2. The van der Waals surface area contributed by atoms with Gasteiger partial charge in [0.1, 0.15) is 0 Å². The molecule has 1 amide bonds. The van der Waals surface area contributed by atoms with Crippen LogP contribution in [0.15, 0.2) is 0 Å². The van der Waals surface area contributed by atoms with Gasteiger partial charge in [-0.15, -0.1) is 0 Å². The van der Waals surface area contributed by atoms with E-state index in [1.807, 2.05) is 6.92 Å². The van der Waals surface area contributed by atoms with Crippen LogP contribution in [0.3, 0.4) is 0 Å². The van der Waals surface area contributed by atoms with E-state index in [0.29, 0.717) is 5.41 Å². The summed E-state index contributed by atoms with van der Waals surface area (Å²) in [6.07, 6.45) is 6.55. The van der Waals surface area contributed by atoms with E-state index in [9.17, 15) is 4.79 Å². The van der Waals surface area contributed by atoms with Crippen LogP contribution in [0.25, 0.3) is 0 Å². The molecule has 0 saturated heterocycles. The average Bonchev–Trinajstić information content (AvgIpc) is 3.16. The molecule has 0 aromatic carbocycles. The third kappa shape index (κ3) is 3.21. The van der Waals surface area contributed by atoms with Crippen LogP contribution in [0.4, 0.5) is 0 Å². The van der Waals surface area contributed by atoms with E-state index in [0.717, 1.165) is 18.9 Å². The minimum atomic E-state index is -0.0553. The molecule has 2 rings (SSSR count). The van der Waals surface area contributed by atoms with Crippen LogP contribution in [-0.4, -0.2) is 24.5 Å². The largest absolute Gasteiger partial charge is 0.352 e. The molecule has 0 aromatic heterocycles. The predicted octanol–water partition coefficient (Wildman–Crippen LogP) is 2.07. The van der Waals surface area contributed by atoms with Crippen molar-refractivity contribution in [2.45, 2.75) is 65.0 Å². The van der Waals surface area contributed by atoms with E-state index < -0.39 is 0 Å². The highest BCUT2D eigenvalue weighted by Crippen LogP contribution is 2.60. The average molecular weight is 238 g/mol. The highest BCUT2D eigenvalue weighted by atomic mass is 16.2. The number of carbonyl (C=O) groups is 1. The van der Waals surface area contributed by atoms with Gasteiger partial charge < -0.3 is 10.6 Å². The van der Waals surface area contributed by atoms with E-state index in [2.05, 4.69) is 24.5 Å². The van der Waals surface area contributed by atoms with Crippen molar-refractivity contribution in [2.75, 3.05) is 6.54 Å². The SMILES string of the molecule is CCC(C)NC(=O)C(C)NCC1(C2CC2)CC1. The van der Waals surface area contributed by atoms with E-state index in [4.69, 9.17) is 0 Å². The fraction of sp³-hybridized carbons (Fsp3) is 0.929. The Bertz CT molecular complexity index is 282. The molecule has 0 heterocycles. The molecule has 0 radical (unpaired) electrons. The zero-order valence-corrected chi connectivity index (χ0v) is 11.4. The molecular weight excluding hydrogens is 212 g/mol. The minimum absolute atomic E-state index is 0.0553. The van der Waals surface area contributed by atoms with Crippen molar-refractivity contribution in [1.82, 2.24) is 10.6 Å². The summed E-state index contributed by atoms with van der Waals surface area (Å²) in [5, 5.41) is 6.45. The lowest BCUT2D eigenvalue weighted by atomic mass is 10.0. The smallest absolute Gasteiger partial charge is 0.237 e. The van der Waals surface area contributed by atoms with Crippen molar-refractivity contribution >= 4 is 5.91 Å². The Kier molecular flexibility index (Phi) is 3.76. The van der Waals surface area contributed by atoms with Gasteiger partial charge in [-0.1, -0.05) is 6.92 Å². The first-order valence-corrected chi connectivity index (χ1v) is 7.11. The van der Waals surface area contributed by atoms with Crippen LogP contribution in [0, 0.1) is 11.3 Å². The Morgan fingerprint density at radius 3 is 2.47 bits per heavy atom. The van der Waals surface area contributed by atoms with Crippen LogP contribution < -0.4 is 10.6 Å². The Balaban J connectivity index is 1.69. The van der Waals surface area contributed by atoms with Gasteiger partial charge in [0, 0.05) is 12.6 Å². The maximum absolute atomic E-state index is 11.9. The number of rotatable bonds is 7. The van der Waals surface area contributed by atoms with Gasteiger partial charge in [-0.05, 0) is 57.3 Å². The van der Waals surface area contributed by atoms with Crippen molar-refractivity contribution in [3.63, 3.8) is 0 Å². The molecule has 0 spiro atoms. The highest BCUT2D eigenvalue weighted by Gasteiger charge is 2.53. The predicted molar refractivity (Wildman–Crippen MR) is 69.8 cm³/mol. The summed E-state index contributed by atoms with van der Waals surface area (Å²) in [5.74, 6) is 1.10. The zero-order valence-electron chi connectivity index (χ0n) is 11.4. The second-order valence-electron chi connectivity index (χ2n) is 6.06. The number of nitrogens with one attached hydrogen (secondary N) is 2. The molecule has 2 unspecified atom stereocenters. The quantitative estimate of drug-likeness (QED) is 0.713. The van der Waals surface area contributed by atoms with E-state index in [1.54, 1.807) is 0 Å². The summed E-state index contributed by atoms with van der Waals surface area (Å²) < 4.78 is 0. The van der Waals surface area contributed by atoms with E-state index in [-0.39, 0.29) is 18.0 Å².